The van der Waals surface area contributed by atoms with E-state index < -0.39 is 24.9 Å². The maximum atomic E-state index is 12.4. The molecule has 2 aliphatic rings. The summed E-state index contributed by atoms with van der Waals surface area (Å²) < 4.78 is 41.7. The van der Waals surface area contributed by atoms with E-state index in [4.69, 9.17) is 4.42 Å². The van der Waals surface area contributed by atoms with Gasteiger partial charge in [0.25, 0.3) is 5.91 Å². The van der Waals surface area contributed by atoms with Crippen molar-refractivity contribution in [1.29, 1.82) is 0 Å². The molecule has 6 nitrogen and oxygen atoms in total. The number of hydrogen-bond donors (Lipinski definition) is 0. The average Bonchev–Trinajstić information content (AvgIpc) is 2.91. The van der Waals surface area contributed by atoms with Crippen LogP contribution in [-0.4, -0.2) is 58.5 Å². The molecule has 24 heavy (non-hydrogen) atoms. The molecule has 0 saturated carbocycles. The van der Waals surface area contributed by atoms with Gasteiger partial charge >= 0.3 is 6.18 Å². The van der Waals surface area contributed by atoms with Gasteiger partial charge in [0.1, 0.15) is 5.76 Å². The molecule has 2 aliphatic heterocycles. The minimum atomic E-state index is -4.31. The molecule has 1 aromatic rings. The molecule has 3 rings (SSSR count). The molecule has 0 N–H and O–H groups in total. The number of nitrogens with zero attached hydrogens (tertiary/aromatic N) is 3. The highest BCUT2D eigenvalue weighted by molar-refractivity contribution is 5.93. The lowest BCUT2D eigenvalue weighted by atomic mass is 9.82. The summed E-state index contributed by atoms with van der Waals surface area (Å²) >= 11 is 0. The van der Waals surface area contributed by atoms with Crippen LogP contribution in [0.2, 0.25) is 0 Å². The van der Waals surface area contributed by atoms with Gasteiger partial charge in [-0.2, -0.15) is 13.2 Å². The van der Waals surface area contributed by atoms with Crippen LogP contribution in [0.15, 0.2) is 10.8 Å². The van der Waals surface area contributed by atoms with Crippen molar-refractivity contribution in [3.8, 4) is 0 Å². The van der Waals surface area contributed by atoms with E-state index in [1.54, 1.807) is 11.8 Å². The van der Waals surface area contributed by atoms with Gasteiger partial charge in [0, 0.05) is 38.0 Å². The molecule has 3 heterocycles. The van der Waals surface area contributed by atoms with Crippen molar-refractivity contribution in [2.45, 2.75) is 38.4 Å². The van der Waals surface area contributed by atoms with Crippen LogP contribution in [0, 0.1) is 12.8 Å². The summed E-state index contributed by atoms with van der Waals surface area (Å²) in [5, 5.41) is 0. The Bertz CT molecular complexity index is 643. The van der Waals surface area contributed by atoms with Crippen LogP contribution in [0.4, 0.5) is 13.2 Å². The van der Waals surface area contributed by atoms with Crippen LogP contribution >= 0.6 is 0 Å². The van der Waals surface area contributed by atoms with Crippen LogP contribution < -0.4 is 0 Å². The van der Waals surface area contributed by atoms with Crippen LogP contribution in [0.5, 0.6) is 0 Å². The second-order valence-electron chi connectivity index (χ2n) is 6.29. The highest BCUT2D eigenvalue weighted by Gasteiger charge is 2.46. The number of carbonyl (C=O) groups excluding carboxylic acids is 2. The Morgan fingerprint density at radius 1 is 1.38 bits per heavy atom. The van der Waals surface area contributed by atoms with Crippen molar-refractivity contribution >= 4 is 11.8 Å². The average molecular weight is 345 g/mol. The third kappa shape index (κ3) is 3.25. The highest BCUT2D eigenvalue weighted by atomic mass is 19.4. The Hall–Kier alpha value is -2.06. The first-order valence-corrected chi connectivity index (χ1v) is 7.82. The summed E-state index contributed by atoms with van der Waals surface area (Å²) in [4.78, 5) is 31.4. The quantitative estimate of drug-likeness (QED) is 0.840. The molecule has 2 fully saturated rings. The van der Waals surface area contributed by atoms with Crippen molar-refractivity contribution in [1.82, 2.24) is 14.8 Å². The minimum Gasteiger partial charge on any atom is -0.448 e. The maximum absolute atomic E-state index is 12.4. The van der Waals surface area contributed by atoms with Crippen LogP contribution in [0.1, 0.15) is 35.5 Å². The first kappa shape index (κ1) is 16.8. The summed E-state index contributed by atoms with van der Waals surface area (Å²) in [6, 6.07) is -0.0619. The minimum absolute atomic E-state index is 0.0619. The topological polar surface area (TPSA) is 66.7 Å². The Morgan fingerprint density at radius 3 is 2.71 bits per heavy atom. The first-order chi connectivity index (χ1) is 11.3. The normalized spacial score (nSPS) is 23.7. The SMILES string of the molecule is Cc1ocnc1C(=O)N1CC[C@H]2[C@@H](C1)CN2C(=O)CCC(F)(F)F. The van der Waals surface area contributed by atoms with E-state index in [-0.39, 0.29) is 23.6 Å². The highest BCUT2D eigenvalue weighted by Crippen LogP contribution is 2.34. The van der Waals surface area contributed by atoms with E-state index in [9.17, 15) is 22.8 Å². The fourth-order valence-electron chi connectivity index (χ4n) is 3.38. The van der Waals surface area contributed by atoms with Gasteiger partial charge in [-0.25, -0.2) is 4.98 Å². The van der Waals surface area contributed by atoms with Gasteiger partial charge in [-0.1, -0.05) is 0 Å². The van der Waals surface area contributed by atoms with Gasteiger partial charge < -0.3 is 14.2 Å². The zero-order valence-electron chi connectivity index (χ0n) is 13.2. The summed E-state index contributed by atoms with van der Waals surface area (Å²) in [5.74, 6) is -0.0910. The van der Waals surface area contributed by atoms with E-state index in [1.807, 2.05) is 0 Å². The molecular weight excluding hydrogens is 327 g/mol. The second kappa shape index (κ2) is 6.10. The molecule has 0 unspecified atom stereocenters. The van der Waals surface area contributed by atoms with Gasteiger partial charge in [-0.15, -0.1) is 0 Å². The third-order valence-electron chi connectivity index (χ3n) is 4.70. The standard InChI is InChI=1S/C15H18F3N3O3/c1-9-13(19-8-24-9)14(23)20-5-3-11-10(6-20)7-21(11)12(22)2-4-15(16,17)18/h8,10-11H,2-7H2,1H3/t10-,11-/m0/s1. The number of amides is 2. The van der Waals surface area contributed by atoms with E-state index in [1.165, 1.54) is 11.3 Å². The number of hydrogen-bond acceptors (Lipinski definition) is 4. The molecule has 1 aromatic heterocycles. The molecule has 2 atom stereocenters. The smallest absolute Gasteiger partial charge is 0.389 e. The van der Waals surface area contributed by atoms with Crippen molar-refractivity contribution in [3.05, 3.63) is 17.8 Å². The summed E-state index contributed by atoms with van der Waals surface area (Å²) in [5.41, 5.74) is 0.283. The molecule has 0 bridgehead atoms. The number of piperidine rings is 1. The first-order valence-electron chi connectivity index (χ1n) is 7.82. The number of aromatic nitrogens is 1. The van der Waals surface area contributed by atoms with E-state index in [0.29, 0.717) is 31.8 Å². The largest absolute Gasteiger partial charge is 0.448 e. The van der Waals surface area contributed by atoms with E-state index in [2.05, 4.69) is 4.98 Å². The lowest BCUT2D eigenvalue weighted by Crippen LogP contribution is -2.65. The Morgan fingerprint density at radius 2 is 2.12 bits per heavy atom. The van der Waals surface area contributed by atoms with Gasteiger partial charge in [0.05, 0.1) is 6.42 Å². The summed E-state index contributed by atoms with van der Waals surface area (Å²) in [7, 11) is 0. The van der Waals surface area contributed by atoms with Gasteiger partial charge in [-0.3, -0.25) is 9.59 Å². The van der Waals surface area contributed by atoms with Crippen LogP contribution in [0.3, 0.4) is 0 Å². The zero-order chi connectivity index (χ0) is 17.5. The number of rotatable bonds is 3. The lowest BCUT2D eigenvalue weighted by molar-refractivity contribution is -0.159. The van der Waals surface area contributed by atoms with Crippen molar-refractivity contribution in [3.63, 3.8) is 0 Å². The Kier molecular flexibility index (Phi) is 4.27. The number of likely N-dealkylation sites (tertiary alicyclic amines) is 2. The fraction of sp³-hybridized carbons (Fsp3) is 0.667. The molecule has 0 aliphatic carbocycles. The van der Waals surface area contributed by atoms with Gasteiger partial charge in [0.2, 0.25) is 5.91 Å². The number of fused-ring (bicyclic) bond motifs is 1. The Labute approximate surface area is 136 Å². The zero-order valence-corrected chi connectivity index (χ0v) is 13.2. The van der Waals surface area contributed by atoms with Gasteiger partial charge in [0.15, 0.2) is 12.1 Å². The van der Waals surface area contributed by atoms with Gasteiger partial charge in [-0.05, 0) is 13.3 Å². The molecule has 0 radical (unpaired) electrons. The van der Waals surface area contributed by atoms with E-state index >= 15 is 0 Å². The molecular formula is C15H18F3N3O3. The van der Waals surface area contributed by atoms with Crippen molar-refractivity contribution in [2.24, 2.45) is 5.92 Å². The molecule has 0 spiro atoms. The van der Waals surface area contributed by atoms with E-state index in [0.717, 1.165) is 0 Å². The number of halogens is 3. The number of oxazole rings is 1. The second-order valence-corrected chi connectivity index (χ2v) is 6.29. The van der Waals surface area contributed by atoms with Crippen molar-refractivity contribution < 1.29 is 27.2 Å². The molecule has 2 saturated heterocycles. The lowest BCUT2D eigenvalue weighted by Gasteiger charge is -2.53. The van der Waals surface area contributed by atoms with Crippen LogP contribution in [0.25, 0.3) is 0 Å². The Balaban J connectivity index is 1.53. The maximum Gasteiger partial charge on any atom is 0.389 e. The predicted octanol–water partition coefficient (Wildman–Crippen LogP) is 2.00. The predicted molar refractivity (Wildman–Crippen MR) is 76.0 cm³/mol. The number of carbonyl (C=O) groups is 2. The molecule has 9 heteroatoms. The summed E-state index contributed by atoms with van der Waals surface area (Å²) in [6.07, 6.45) is -4.11. The monoisotopic (exact) mass is 345 g/mol. The van der Waals surface area contributed by atoms with Crippen LogP contribution in [-0.2, 0) is 4.79 Å². The summed E-state index contributed by atoms with van der Waals surface area (Å²) in [6.45, 7) is 3.01. The fourth-order valence-corrected chi connectivity index (χ4v) is 3.38. The molecule has 132 valence electrons. The van der Waals surface area contributed by atoms with Crippen molar-refractivity contribution in [2.75, 3.05) is 19.6 Å². The molecule has 2 amide bonds. The molecule has 0 aromatic carbocycles. The third-order valence-corrected chi connectivity index (χ3v) is 4.70. The number of alkyl halides is 3. The number of aryl methyl sites for hydroxylation is 1.